The van der Waals surface area contributed by atoms with Crippen molar-refractivity contribution in [2.24, 2.45) is 0 Å². The highest BCUT2D eigenvalue weighted by Gasteiger charge is 2.28. The molecule has 0 atom stereocenters. The fourth-order valence-corrected chi connectivity index (χ4v) is 3.88. The number of hydrogen-bond donors (Lipinski definition) is 2. The Morgan fingerprint density at radius 2 is 2.00 bits per heavy atom. The van der Waals surface area contributed by atoms with E-state index < -0.39 is 11.4 Å². The summed E-state index contributed by atoms with van der Waals surface area (Å²) in [7, 11) is 0. The van der Waals surface area contributed by atoms with E-state index in [2.05, 4.69) is 20.4 Å². The third-order valence-electron chi connectivity index (χ3n) is 5.60. The predicted octanol–water partition coefficient (Wildman–Crippen LogP) is 3.54. The number of hydrogen-bond acceptors (Lipinski definition) is 5. The van der Waals surface area contributed by atoms with Crippen molar-refractivity contribution in [2.75, 3.05) is 0 Å². The lowest BCUT2D eigenvalue weighted by atomic mass is 9.92. The minimum Gasteiger partial charge on any atom is -0.386 e. The maximum atomic E-state index is 15.1. The zero-order chi connectivity index (χ0) is 21.8. The minimum atomic E-state index is -1.08. The number of nitrogens with one attached hydrogen (secondary N) is 1. The Morgan fingerprint density at radius 1 is 1.16 bits per heavy atom. The number of fused-ring (bicyclic) bond motifs is 2. The zero-order valence-electron chi connectivity index (χ0n) is 17.1. The second-order valence-corrected chi connectivity index (χ2v) is 8.24. The van der Waals surface area contributed by atoms with E-state index in [0.29, 0.717) is 51.1 Å². The Hall–Kier alpha value is -3.65. The Bertz CT molecular complexity index is 1330. The topological polar surface area (TPSA) is 95.0 Å². The highest BCUT2D eigenvalue weighted by molar-refractivity contribution is 5.97. The Morgan fingerprint density at radius 3 is 2.74 bits per heavy atom. The van der Waals surface area contributed by atoms with E-state index in [1.54, 1.807) is 61.3 Å². The summed E-state index contributed by atoms with van der Waals surface area (Å²) in [6.07, 6.45) is 1.65. The van der Waals surface area contributed by atoms with Crippen LogP contribution in [0.4, 0.5) is 4.39 Å². The molecule has 1 aliphatic rings. The number of aromatic nitrogens is 4. The molecule has 5 rings (SSSR count). The van der Waals surface area contributed by atoms with Crippen molar-refractivity contribution in [3.05, 3.63) is 76.9 Å². The maximum absolute atomic E-state index is 15.1. The van der Waals surface area contributed by atoms with Gasteiger partial charge in [-0.15, -0.1) is 0 Å². The van der Waals surface area contributed by atoms with E-state index in [9.17, 15) is 9.90 Å². The van der Waals surface area contributed by atoms with E-state index in [4.69, 9.17) is 0 Å². The number of rotatable bonds is 4. The number of nitrogens with zero attached hydrogens (tertiary/aromatic N) is 4. The van der Waals surface area contributed by atoms with Gasteiger partial charge in [-0.2, -0.15) is 15.4 Å². The van der Waals surface area contributed by atoms with Crippen molar-refractivity contribution in [3.63, 3.8) is 0 Å². The van der Waals surface area contributed by atoms with Crippen LogP contribution < -0.4 is 0 Å². The van der Waals surface area contributed by atoms with Gasteiger partial charge in [-0.3, -0.25) is 9.78 Å². The molecule has 31 heavy (non-hydrogen) atoms. The standard InChI is InChI=1S/C23H20FN5O2/c1-23(2,31)15-9-17(21-19(10-15)26-28-27-21)13-5-6-14(18(24)8-13)11-29-12-20-16(22(29)30)4-3-7-25-20/h3-10,31H,11-12H2,1-2H3,(H,26,27,28). The number of carbonyl (C=O) groups excluding carboxylic acids is 1. The van der Waals surface area contributed by atoms with Crippen molar-refractivity contribution in [2.45, 2.75) is 32.5 Å². The van der Waals surface area contributed by atoms with Crippen molar-refractivity contribution >= 4 is 16.9 Å². The first-order valence-electron chi connectivity index (χ1n) is 9.90. The number of carbonyl (C=O) groups is 1. The van der Waals surface area contributed by atoms with E-state index in [1.165, 1.54) is 6.07 Å². The second kappa shape index (κ2) is 6.95. The summed E-state index contributed by atoms with van der Waals surface area (Å²) in [6, 6.07) is 11.9. The van der Waals surface area contributed by atoms with Gasteiger partial charge in [0.05, 0.1) is 23.4 Å². The van der Waals surface area contributed by atoms with Crippen molar-refractivity contribution < 1.29 is 14.3 Å². The fourth-order valence-electron chi connectivity index (χ4n) is 3.88. The lowest BCUT2D eigenvalue weighted by molar-refractivity contribution is 0.0763. The average molecular weight is 417 g/mol. The van der Waals surface area contributed by atoms with Gasteiger partial charge in [-0.1, -0.05) is 12.1 Å². The fraction of sp³-hybridized carbons (Fsp3) is 0.217. The highest BCUT2D eigenvalue weighted by Crippen LogP contribution is 2.33. The average Bonchev–Trinajstić information content (AvgIpc) is 3.33. The third-order valence-corrected chi connectivity index (χ3v) is 5.60. The molecule has 0 radical (unpaired) electrons. The lowest BCUT2D eigenvalue weighted by Crippen LogP contribution is -2.23. The Kier molecular flexibility index (Phi) is 4.33. The molecular formula is C23H20FN5O2. The van der Waals surface area contributed by atoms with Gasteiger partial charge in [0.2, 0.25) is 0 Å². The van der Waals surface area contributed by atoms with Gasteiger partial charge < -0.3 is 10.0 Å². The van der Waals surface area contributed by atoms with Crippen LogP contribution in [0.5, 0.6) is 0 Å². The van der Waals surface area contributed by atoms with Gasteiger partial charge in [0.25, 0.3) is 5.91 Å². The summed E-state index contributed by atoms with van der Waals surface area (Å²) in [4.78, 5) is 18.4. The molecule has 2 aromatic heterocycles. The summed E-state index contributed by atoms with van der Waals surface area (Å²) in [5, 5.41) is 21.3. The Balaban J connectivity index is 1.48. The molecule has 0 aliphatic carbocycles. The molecule has 156 valence electrons. The summed E-state index contributed by atoms with van der Waals surface area (Å²) in [5.41, 5.74) is 3.73. The van der Waals surface area contributed by atoms with Crippen LogP contribution in [0, 0.1) is 5.82 Å². The van der Waals surface area contributed by atoms with Crippen LogP contribution in [0.3, 0.4) is 0 Å². The molecule has 2 N–H and O–H groups in total. The molecule has 0 saturated carbocycles. The van der Waals surface area contributed by atoms with Crippen LogP contribution in [0.1, 0.15) is 41.0 Å². The molecule has 2 aromatic carbocycles. The first-order chi connectivity index (χ1) is 14.8. The SMILES string of the molecule is CC(C)(O)c1cc(-c2ccc(CN3Cc4ncccc4C3=O)c(F)c2)c2n[nH]nc2c1. The predicted molar refractivity (Wildman–Crippen MR) is 112 cm³/mol. The molecule has 7 nitrogen and oxygen atoms in total. The molecule has 0 fully saturated rings. The van der Waals surface area contributed by atoms with E-state index in [1.807, 2.05) is 0 Å². The molecule has 0 bridgehead atoms. The number of pyridine rings is 1. The lowest BCUT2D eigenvalue weighted by Gasteiger charge is -2.19. The molecule has 3 heterocycles. The van der Waals surface area contributed by atoms with Crippen molar-refractivity contribution in [1.82, 2.24) is 25.3 Å². The largest absolute Gasteiger partial charge is 0.386 e. The second-order valence-electron chi connectivity index (χ2n) is 8.24. The van der Waals surface area contributed by atoms with Gasteiger partial charge in [0.15, 0.2) is 0 Å². The molecule has 0 spiro atoms. The maximum Gasteiger partial charge on any atom is 0.256 e. The van der Waals surface area contributed by atoms with Gasteiger partial charge in [-0.05, 0) is 55.3 Å². The number of amides is 1. The van der Waals surface area contributed by atoms with Gasteiger partial charge >= 0.3 is 0 Å². The van der Waals surface area contributed by atoms with Crippen LogP contribution in [-0.2, 0) is 18.7 Å². The van der Waals surface area contributed by atoms with E-state index >= 15 is 4.39 Å². The number of aliphatic hydroxyl groups is 1. The Labute approximate surface area is 177 Å². The van der Waals surface area contributed by atoms with Crippen LogP contribution in [0.2, 0.25) is 0 Å². The number of halogens is 1. The first kappa shape index (κ1) is 19.3. The molecule has 8 heteroatoms. The summed E-state index contributed by atoms with van der Waals surface area (Å²) < 4.78 is 15.1. The quantitative estimate of drug-likeness (QED) is 0.530. The zero-order valence-corrected chi connectivity index (χ0v) is 17.1. The molecule has 1 amide bonds. The molecule has 0 unspecified atom stereocenters. The molecule has 0 saturated heterocycles. The van der Waals surface area contributed by atoms with Crippen LogP contribution in [-0.4, -0.2) is 36.3 Å². The van der Waals surface area contributed by atoms with E-state index in [0.717, 1.165) is 0 Å². The summed E-state index contributed by atoms with van der Waals surface area (Å²) >= 11 is 0. The van der Waals surface area contributed by atoms with Crippen LogP contribution in [0.25, 0.3) is 22.2 Å². The smallest absolute Gasteiger partial charge is 0.256 e. The summed E-state index contributed by atoms with van der Waals surface area (Å²) in [5.74, 6) is -0.562. The van der Waals surface area contributed by atoms with Crippen molar-refractivity contribution in [1.29, 1.82) is 0 Å². The van der Waals surface area contributed by atoms with Gasteiger partial charge in [0.1, 0.15) is 16.9 Å². The monoisotopic (exact) mass is 417 g/mol. The third kappa shape index (κ3) is 3.34. The minimum absolute atomic E-state index is 0.145. The highest BCUT2D eigenvalue weighted by atomic mass is 19.1. The first-order valence-corrected chi connectivity index (χ1v) is 9.90. The summed E-state index contributed by atoms with van der Waals surface area (Å²) in [6.45, 7) is 3.89. The molecule has 1 aliphatic heterocycles. The number of benzene rings is 2. The van der Waals surface area contributed by atoms with E-state index in [-0.39, 0.29) is 12.5 Å². The van der Waals surface area contributed by atoms with Crippen molar-refractivity contribution in [3.8, 4) is 11.1 Å². The molecule has 4 aromatic rings. The van der Waals surface area contributed by atoms with Crippen LogP contribution >= 0.6 is 0 Å². The normalized spacial score (nSPS) is 13.8. The van der Waals surface area contributed by atoms with Gasteiger partial charge in [0, 0.05) is 23.9 Å². The van der Waals surface area contributed by atoms with Gasteiger partial charge in [-0.25, -0.2) is 4.39 Å². The molecular weight excluding hydrogens is 397 g/mol. The van der Waals surface area contributed by atoms with Crippen LogP contribution in [0.15, 0.2) is 48.7 Å². The number of H-pyrrole nitrogens is 1. The number of aromatic amines is 1.